The minimum absolute atomic E-state index is 0.0927. The Kier molecular flexibility index (Phi) is 4.53. The molecule has 0 saturated carbocycles. The maximum absolute atomic E-state index is 13.0. The van der Waals surface area contributed by atoms with Crippen LogP contribution in [0.25, 0.3) is 0 Å². The highest BCUT2D eigenvalue weighted by Gasteiger charge is 2.17. The summed E-state index contributed by atoms with van der Waals surface area (Å²) in [6.07, 6.45) is 2.64. The minimum Gasteiger partial charge on any atom is -0.472 e. The maximum Gasteiger partial charge on any atom is 0.261 e. The molecule has 0 aliphatic rings. The van der Waals surface area contributed by atoms with Crippen LogP contribution in [0.2, 0.25) is 0 Å². The quantitative estimate of drug-likeness (QED) is 0.729. The van der Waals surface area contributed by atoms with E-state index in [4.69, 9.17) is 4.42 Å². The monoisotopic (exact) mass is 360 g/mol. The van der Waals surface area contributed by atoms with Gasteiger partial charge in [-0.2, -0.15) is 0 Å². The van der Waals surface area contributed by atoms with Crippen molar-refractivity contribution in [2.24, 2.45) is 0 Å². The number of halogens is 1. The van der Waals surface area contributed by atoms with Crippen LogP contribution in [-0.2, 0) is 10.0 Å². The SMILES string of the molecule is O=C(Nc1ccccc1NS(=O)(=O)c1ccc(F)cc1)c1ccoc1. The lowest BCUT2D eigenvalue weighted by molar-refractivity contribution is 0.102. The van der Waals surface area contributed by atoms with Crippen molar-refractivity contribution in [1.29, 1.82) is 0 Å². The molecule has 128 valence electrons. The van der Waals surface area contributed by atoms with Crippen LogP contribution in [0.5, 0.6) is 0 Å². The zero-order valence-electron chi connectivity index (χ0n) is 12.8. The van der Waals surface area contributed by atoms with Crippen LogP contribution in [0.1, 0.15) is 10.4 Å². The van der Waals surface area contributed by atoms with E-state index in [0.29, 0.717) is 5.56 Å². The predicted molar refractivity (Wildman–Crippen MR) is 90.3 cm³/mol. The molecule has 0 atom stereocenters. The first-order chi connectivity index (χ1) is 12.0. The van der Waals surface area contributed by atoms with Gasteiger partial charge < -0.3 is 9.73 Å². The van der Waals surface area contributed by atoms with Gasteiger partial charge in [0.25, 0.3) is 15.9 Å². The van der Waals surface area contributed by atoms with E-state index in [9.17, 15) is 17.6 Å². The van der Waals surface area contributed by atoms with Crippen LogP contribution < -0.4 is 10.0 Å². The number of amides is 1. The van der Waals surface area contributed by atoms with Crippen molar-refractivity contribution in [3.8, 4) is 0 Å². The van der Waals surface area contributed by atoms with E-state index in [1.807, 2.05) is 0 Å². The van der Waals surface area contributed by atoms with Gasteiger partial charge in [0, 0.05) is 0 Å². The fourth-order valence-electron chi connectivity index (χ4n) is 2.09. The Morgan fingerprint density at radius 3 is 2.28 bits per heavy atom. The lowest BCUT2D eigenvalue weighted by Crippen LogP contribution is -2.17. The van der Waals surface area contributed by atoms with Crippen molar-refractivity contribution >= 4 is 27.3 Å². The maximum atomic E-state index is 13.0. The summed E-state index contributed by atoms with van der Waals surface area (Å²) in [5.41, 5.74) is 0.763. The predicted octanol–water partition coefficient (Wildman–Crippen LogP) is 3.47. The molecular formula is C17H13FN2O4S. The second-order valence-electron chi connectivity index (χ2n) is 5.07. The second kappa shape index (κ2) is 6.78. The molecule has 0 unspecified atom stereocenters. The van der Waals surface area contributed by atoms with Gasteiger partial charge in [-0.3, -0.25) is 9.52 Å². The number of hydrogen-bond donors (Lipinski definition) is 2. The molecule has 0 radical (unpaired) electrons. The highest BCUT2D eigenvalue weighted by atomic mass is 32.2. The van der Waals surface area contributed by atoms with Gasteiger partial charge in [-0.15, -0.1) is 0 Å². The summed E-state index contributed by atoms with van der Waals surface area (Å²) in [5.74, 6) is -0.978. The smallest absolute Gasteiger partial charge is 0.261 e. The van der Waals surface area contributed by atoms with Crippen LogP contribution in [0, 0.1) is 5.82 Å². The van der Waals surface area contributed by atoms with E-state index in [1.165, 1.54) is 24.7 Å². The third-order valence-electron chi connectivity index (χ3n) is 3.33. The van der Waals surface area contributed by atoms with Gasteiger partial charge in [-0.1, -0.05) is 12.1 Å². The molecule has 2 aromatic carbocycles. The number of sulfonamides is 1. The Balaban J connectivity index is 1.85. The number of carbonyl (C=O) groups excluding carboxylic acids is 1. The molecular weight excluding hydrogens is 347 g/mol. The molecule has 2 N–H and O–H groups in total. The van der Waals surface area contributed by atoms with Crippen molar-refractivity contribution in [3.63, 3.8) is 0 Å². The van der Waals surface area contributed by atoms with Crippen LogP contribution in [0.3, 0.4) is 0 Å². The van der Waals surface area contributed by atoms with Crippen molar-refractivity contribution in [3.05, 3.63) is 78.5 Å². The molecule has 0 spiro atoms. The Morgan fingerprint density at radius 1 is 0.960 bits per heavy atom. The van der Waals surface area contributed by atoms with E-state index >= 15 is 0 Å². The summed E-state index contributed by atoms with van der Waals surface area (Å²) in [5, 5.41) is 2.61. The van der Waals surface area contributed by atoms with Gasteiger partial charge in [0.15, 0.2) is 0 Å². The molecule has 3 rings (SSSR count). The summed E-state index contributed by atoms with van der Waals surface area (Å²) in [6.45, 7) is 0. The largest absolute Gasteiger partial charge is 0.472 e. The van der Waals surface area contributed by atoms with Crippen LogP contribution >= 0.6 is 0 Å². The summed E-state index contributed by atoms with van der Waals surface area (Å²) in [7, 11) is -3.93. The molecule has 25 heavy (non-hydrogen) atoms. The minimum atomic E-state index is -3.93. The lowest BCUT2D eigenvalue weighted by atomic mass is 10.2. The summed E-state index contributed by atoms with van der Waals surface area (Å²) < 4.78 is 45.0. The molecule has 0 bridgehead atoms. The Morgan fingerprint density at radius 2 is 1.64 bits per heavy atom. The summed E-state index contributed by atoms with van der Waals surface area (Å²) in [6, 6.07) is 12.3. The number of hydrogen-bond acceptors (Lipinski definition) is 4. The normalized spacial score (nSPS) is 11.1. The number of anilines is 2. The van der Waals surface area contributed by atoms with Crippen molar-refractivity contribution < 1.29 is 22.0 Å². The van der Waals surface area contributed by atoms with Gasteiger partial charge in [0.2, 0.25) is 0 Å². The molecule has 0 aliphatic carbocycles. The van der Waals surface area contributed by atoms with E-state index < -0.39 is 21.7 Å². The first-order valence-electron chi connectivity index (χ1n) is 7.17. The van der Waals surface area contributed by atoms with Gasteiger partial charge >= 0.3 is 0 Å². The summed E-state index contributed by atoms with van der Waals surface area (Å²) >= 11 is 0. The van der Waals surface area contributed by atoms with Gasteiger partial charge in [0.05, 0.1) is 28.1 Å². The molecule has 1 aromatic heterocycles. The fourth-order valence-corrected chi connectivity index (χ4v) is 3.17. The van der Waals surface area contributed by atoms with Crippen molar-refractivity contribution in [2.75, 3.05) is 10.0 Å². The number of furan rings is 1. The Labute approximate surface area is 143 Å². The standard InChI is InChI=1S/C17H13FN2O4S/c18-13-5-7-14(8-6-13)25(22,23)20-16-4-2-1-3-15(16)19-17(21)12-9-10-24-11-12/h1-11,20H,(H,19,21). The highest BCUT2D eigenvalue weighted by molar-refractivity contribution is 7.92. The first kappa shape index (κ1) is 16.7. The third-order valence-corrected chi connectivity index (χ3v) is 4.71. The highest BCUT2D eigenvalue weighted by Crippen LogP contribution is 2.25. The number of rotatable bonds is 5. The zero-order chi connectivity index (χ0) is 17.9. The fraction of sp³-hybridized carbons (Fsp3) is 0. The molecule has 3 aromatic rings. The molecule has 0 fully saturated rings. The van der Waals surface area contributed by atoms with Gasteiger partial charge in [-0.05, 0) is 42.5 Å². The molecule has 0 saturated heterocycles. The van der Waals surface area contributed by atoms with E-state index in [-0.39, 0.29) is 16.3 Å². The first-order valence-corrected chi connectivity index (χ1v) is 8.65. The van der Waals surface area contributed by atoms with Crippen LogP contribution in [-0.4, -0.2) is 14.3 Å². The van der Waals surface area contributed by atoms with Crippen LogP contribution in [0.15, 0.2) is 76.4 Å². The molecule has 1 heterocycles. The van der Waals surface area contributed by atoms with Crippen molar-refractivity contribution in [1.82, 2.24) is 0 Å². The topological polar surface area (TPSA) is 88.4 Å². The Bertz CT molecular complexity index is 984. The second-order valence-corrected chi connectivity index (χ2v) is 6.75. The van der Waals surface area contributed by atoms with Crippen LogP contribution in [0.4, 0.5) is 15.8 Å². The lowest BCUT2D eigenvalue weighted by Gasteiger charge is -2.13. The number of carbonyl (C=O) groups is 1. The number of para-hydroxylation sites is 2. The van der Waals surface area contributed by atoms with Gasteiger partial charge in [-0.25, -0.2) is 12.8 Å². The Hall–Kier alpha value is -3.13. The van der Waals surface area contributed by atoms with Crippen molar-refractivity contribution in [2.45, 2.75) is 4.90 Å². The molecule has 6 nitrogen and oxygen atoms in total. The molecule has 1 amide bonds. The van der Waals surface area contributed by atoms with Gasteiger partial charge in [0.1, 0.15) is 12.1 Å². The zero-order valence-corrected chi connectivity index (χ0v) is 13.6. The molecule has 8 heteroatoms. The molecule has 0 aliphatic heterocycles. The van der Waals surface area contributed by atoms with E-state index in [2.05, 4.69) is 10.0 Å². The average molecular weight is 360 g/mol. The average Bonchev–Trinajstić information content (AvgIpc) is 3.11. The van der Waals surface area contributed by atoms with E-state index in [0.717, 1.165) is 24.3 Å². The number of nitrogens with one attached hydrogen (secondary N) is 2. The third kappa shape index (κ3) is 3.86. The van der Waals surface area contributed by atoms with E-state index in [1.54, 1.807) is 18.2 Å². The summed E-state index contributed by atoms with van der Waals surface area (Å²) in [4.78, 5) is 12.0. The number of benzene rings is 2.